The van der Waals surface area contributed by atoms with Crippen molar-refractivity contribution in [1.29, 1.82) is 0 Å². The van der Waals surface area contributed by atoms with E-state index >= 15 is 0 Å². The van der Waals surface area contributed by atoms with Crippen molar-refractivity contribution in [3.05, 3.63) is 47.7 Å². The van der Waals surface area contributed by atoms with Gasteiger partial charge in [-0.05, 0) is 32.4 Å². The summed E-state index contributed by atoms with van der Waals surface area (Å²) in [5.74, 6) is -0.167. The van der Waals surface area contributed by atoms with Crippen molar-refractivity contribution in [3.63, 3.8) is 0 Å². The zero-order chi connectivity index (χ0) is 17.6. The minimum absolute atomic E-state index is 0.0405. The Hall–Kier alpha value is -2.34. The first kappa shape index (κ1) is 16.1. The highest BCUT2D eigenvalue weighted by Gasteiger charge is 2.34. The van der Waals surface area contributed by atoms with E-state index in [1.54, 1.807) is 0 Å². The Morgan fingerprint density at radius 3 is 2.68 bits per heavy atom. The van der Waals surface area contributed by atoms with Gasteiger partial charge in [0.25, 0.3) is 0 Å². The number of ether oxygens (including phenoxy) is 1. The van der Waals surface area contributed by atoms with Gasteiger partial charge in [0, 0.05) is 12.0 Å². The van der Waals surface area contributed by atoms with Crippen LogP contribution in [0, 0.1) is 13.8 Å². The number of rotatable bonds is 3. The number of imidazole rings is 1. The molecule has 5 nitrogen and oxygen atoms in total. The Morgan fingerprint density at radius 2 is 2.00 bits per heavy atom. The van der Waals surface area contributed by atoms with Crippen LogP contribution in [-0.2, 0) is 9.53 Å². The number of fused-ring (bicyclic) bond motifs is 1. The van der Waals surface area contributed by atoms with Gasteiger partial charge in [0.1, 0.15) is 11.4 Å². The van der Waals surface area contributed by atoms with Gasteiger partial charge >= 0.3 is 5.97 Å². The number of aryl methyl sites for hydroxylation is 2. The summed E-state index contributed by atoms with van der Waals surface area (Å²) in [6.45, 7) is 5.96. The van der Waals surface area contributed by atoms with E-state index in [9.17, 15) is 4.79 Å². The van der Waals surface area contributed by atoms with E-state index in [2.05, 4.69) is 18.1 Å². The average Bonchev–Trinajstić information content (AvgIpc) is 3.09. The molecule has 1 saturated heterocycles. The maximum Gasteiger partial charge on any atom is 0.319 e. The van der Waals surface area contributed by atoms with Crippen LogP contribution < -0.4 is 0 Å². The number of aromatic nitrogens is 3. The van der Waals surface area contributed by atoms with Crippen molar-refractivity contribution in [3.8, 4) is 11.3 Å². The summed E-state index contributed by atoms with van der Waals surface area (Å²) in [4.78, 5) is 16.9. The first-order chi connectivity index (χ1) is 12.0. The van der Waals surface area contributed by atoms with Crippen LogP contribution in [0.2, 0.25) is 0 Å². The Labute approximate surface area is 150 Å². The van der Waals surface area contributed by atoms with E-state index in [0.29, 0.717) is 6.42 Å². The predicted molar refractivity (Wildman–Crippen MR) is 97.7 cm³/mol. The lowest BCUT2D eigenvalue weighted by Crippen LogP contribution is -2.10. The minimum Gasteiger partial charge on any atom is -0.462 e. The largest absolute Gasteiger partial charge is 0.462 e. The van der Waals surface area contributed by atoms with Crippen LogP contribution in [0.25, 0.3) is 16.8 Å². The normalized spacial score (nSPS) is 20.2. The van der Waals surface area contributed by atoms with Gasteiger partial charge in [0.2, 0.25) is 0 Å². The monoisotopic (exact) mass is 353 g/mol. The molecule has 0 saturated carbocycles. The molecule has 1 fully saturated rings. The van der Waals surface area contributed by atoms with Crippen molar-refractivity contribution in [2.75, 3.05) is 0 Å². The molecule has 0 spiro atoms. The van der Waals surface area contributed by atoms with E-state index < -0.39 is 0 Å². The molecule has 2 atom stereocenters. The fourth-order valence-electron chi connectivity index (χ4n) is 3.22. The maximum atomic E-state index is 12.0. The highest BCUT2D eigenvalue weighted by atomic mass is 32.2. The van der Waals surface area contributed by atoms with Gasteiger partial charge in [-0.25, -0.2) is 9.50 Å². The SMILES string of the molecule is Cc1cc(C)c2c(-c3ccccc3)nc(S[C@H]3C[C@@H](C)OC3=O)n2n1. The zero-order valence-electron chi connectivity index (χ0n) is 14.4. The van der Waals surface area contributed by atoms with E-state index in [1.807, 2.05) is 48.7 Å². The lowest BCUT2D eigenvalue weighted by atomic mass is 10.1. The molecule has 4 rings (SSSR count). The summed E-state index contributed by atoms with van der Waals surface area (Å²) < 4.78 is 7.15. The molecule has 25 heavy (non-hydrogen) atoms. The molecule has 0 bridgehead atoms. The number of benzene rings is 1. The summed E-state index contributed by atoms with van der Waals surface area (Å²) >= 11 is 1.44. The van der Waals surface area contributed by atoms with Crippen LogP contribution in [0.5, 0.6) is 0 Å². The highest BCUT2D eigenvalue weighted by molar-refractivity contribution is 8.00. The number of nitrogens with zero attached hydrogens (tertiary/aromatic N) is 3. The number of cyclic esters (lactones) is 1. The van der Waals surface area contributed by atoms with Gasteiger partial charge in [-0.2, -0.15) is 5.10 Å². The molecule has 6 heteroatoms. The van der Waals surface area contributed by atoms with E-state index in [0.717, 1.165) is 33.2 Å². The molecule has 0 radical (unpaired) electrons. The number of carbonyl (C=O) groups excluding carboxylic acids is 1. The van der Waals surface area contributed by atoms with Crippen molar-refractivity contribution in [2.24, 2.45) is 0 Å². The van der Waals surface area contributed by atoms with Crippen LogP contribution in [0.4, 0.5) is 0 Å². The van der Waals surface area contributed by atoms with Crippen LogP contribution in [0.3, 0.4) is 0 Å². The van der Waals surface area contributed by atoms with Crippen molar-refractivity contribution < 1.29 is 9.53 Å². The van der Waals surface area contributed by atoms with Crippen molar-refractivity contribution in [1.82, 2.24) is 14.6 Å². The summed E-state index contributed by atoms with van der Waals surface area (Å²) in [6.07, 6.45) is 0.658. The molecule has 2 aromatic heterocycles. The smallest absolute Gasteiger partial charge is 0.319 e. The molecule has 0 unspecified atom stereocenters. The number of hydrogen-bond acceptors (Lipinski definition) is 5. The van der Waals surface area contributed by atoms with Crippen molar-refractivity contribution in [2.45, 2.75) is 43.7 Å². The van der Waals surface area contributed by atoms with Gasteiger partial charge in [-0.3, -0.25) is 4.79 Å². The Morgan fingerprint density at radius 1 is 1.24 bits per heavy atom. The number of thioether (sulfide) groups is 1. The van der Waals surface area contributed by atoms with Crippen LogP contribution in [0.1, 0.15) is 24.6 Å². The molecule has 0 amide bonds. The Balaban J connectivity index is 1.86. The zero-order valence-corrected chi connectivity index (χ0v) is 15.2. The van der Waals surface area contributed by atoms with E-state index in [-0.39, 0.29) is 17.3 Å². The number of esters is 1. The summed E-state index contributed by atoms with van der Waals surface area (Å²) in [6, 6.07) is 12.1. The molecule has 0 N–H and O–H groups in total. The second kappa shape index (κ2) is 6.19. The number of hydrogen-bond donors (Lipinski definition) is 0. The molecule has 128 valence electrons. The number of carbonyl (C=O) groups is 1. The lowest BCUT2D eigenvalue weighted by Gasteiger charge is -2.06. The third-order valence-corrected chi connectivity index (χ3v) is 5.45. The van der Waals surface area contributed by atoms with Gasteiger partial charge in [0.05, 0.1) is 16.9 Å². The first-order valence-corrected chi connectivity index (χ1v) is 9.20. The van der Waals surface area contributed by atoms with Gasteiger partial charge in [-0.1, -0.05) is 42.1 Å². The lowest BCUT2D eigenvalue weighted by molar-refractivity contribution is -0.140. The van der Waals surface area contributed by atoms with Crippen LogP contribution in [-0.4, -0.2) is 31.9 Å². The minimum atomic E-state index is -0.230. The molecule has 1 aliphatic rings. The van der Waals surface area contributed by atoms with Gasteiger partial charge < -0.3 is 4.74 Å². The Kier molecular flexibility index (Phi) is 4.00. The first-order valence-electron chi connectivity index (χ1n) is 8.32. The molecule has 3 heterocycles. The van der Waals surface area contributed by atoms with Crippen LogP contribution in [0.15, 0.2) is 41.6 Å². The fraction of sp³-hybridized carbons (Fsp3) is 0.316. The van der Waals surface area contributed by atoms with Crippen molar-refractivity contribution >= 4 is 23.2 Å². The topological polar surface area (TPSA) is 56.5 Å². The maximum absolute atomic E-state index is 12.0. The molecule has 3 aromatic rings. The Bertz CT molecular complexity index is 952. The van der Waals surface area contributed by atoms with E-state index in [4.69, 9.17) is 9.72 Å². The predicted octanol–water partition coefficient (Wildman–Crippen LogP) is 3.81. The average molecular weight is 353 g/mol. The summed E-state index contributed by atoms with van der Waals surface area (Å²) in [5.41, 5.74) is 4.97. The molecule has 0 aliphatic carbocycles. The van der Waals surface area contributed by atoms with Crippen LogP contribution >= 0.6 is 11.8 Å². The molecule has 1 aromatic carbocycles. The second-order valence-electron chi connectivity index (χ2n) is 6.43. The quantitative estimate of drug-likeness (QED) is 0.670. The second-order valence-corrected chi connectivity index (χ2v) is 7.60. The summed E-state index contributed by atoms with van der Waals surface area (Å²) in [5, 5.41) is 5.15. The van der Waals surface area contributed by atoms with Gasteiger partial charge in [0.15, 0.2) is 5.16 Å². The third kappa shape index (κ3) is 2.91. The summed E-state index contributed by atoms with van der Waals surface area (Å²) in [7, 11) is 0. The fourth-order valence-corrected chi connectivity index (χ4v) is 4.37. The molecule has 1 aliphatic heterocycles. The van der Waals surface area contributed by atoms with E-state index in [1.165, 1.54) is 11.8 Å². The third-order valence-electron chi connectivity index (χ3n) is 4.30. The molecular weight excluding hydrogens is 334 g/mol. The highest BCUT2D eigenvalue weighted by Crippen LogP contribution is 2.35. The van der Waals surface area contributed by atoms with Gasteiger partial charge in [-0.15, -0.1) is 0 Å². The standard InChI is InChI=1S/C19H19N3O2S/c1-11-9-12(2)21-22-17(11)16(14-7-5-4-6-8-14)20-19(22)25-15-10-13(3)24-18(15)23/h4-9,13,15H,10H2,1-3H3/t13-,15+/m1/s1. The molecular formula is C19H19N3O2S.